The van der Waals surface area contributed by atoms with Gasteiger partial charge in [0.25, 0.3) is 0 Å². The summed E-state index contributed by atoms with van der Waals surface area (Å²) in [6.45, 7) is 7.71. The fourth-order valence-corrected chi connectivity index (χ4v) is 4.09. The molecular weight excluding hydrogens is 394 g/mol. The fraction of sp³-hybridized carbons (Fsp3) is 0.450. The Labute approximate surface area is 172 Å². The van der Waals surface area contributed by atoms with Crippen molar-refractivity contribution in [2.24, 2.45) is 0 Å². The van der Waals surface area contributed by atoms with E-state index in [2.05, 4.69) is 9.97 Å². The number of ether oxygens (including phenoxy) is 2. The fourth-order valence-electron chi connectivity index (χ4n) is 3.89. The molecular formula is C20H22ClN5O3. The van der Waals surface area contributed by atoms with Gasteiger partial charge in [-0.1, -0.05) is 11.6 Å². The van der Waals surface area contributed by atoms with Crippen LogP contribution in [-0.2, 0) is 21.6 Å². The number of hydrogen-bond acceptors (Lipinski definition) is 5. The number of aromatic nitrogens is 4. The number of rotatable bonds is 1. The lowest BCUT2D eigenvalue weighted by atomic mass is 9.89. The van der Waals surface area contributed by atoms with Crippen LogP contribution in [0.25, 0.3) is 22.3 Å². The van der Waals surface area contributed by atoms with E-state index >= 15 is 0 Å². The first-order chi connectivity index (χ1) is 13.7. The summed E-state index contributed by atoms with van der Waals surface area (Å²) in [5.74, 6) is 0. The van der Waals surface area contributed by atoms with Crippen LogP contribution >= 0.6 is 11.6 Å². The molecule has 0 atom stereocenters. The van der Waals surface area contributed by atoms with E-state index in [4.69, 9.17) is 26.2 Å². The van der Waals surface area contributed by atoms with Crippen LogP contribution in [-0.4, -0.2) is 56.0 Å². The molecule has 3 aromatic heterocycles. The maximum absolute atomic E-state index is 12.3. The number of H-pyrrole nitrogens is 1. The number of hydrogen-bond donors (Lipinski definition) is 1. The molecule has 9 heteroatoms. The van der Waals surface area contributed by atoms with Crippen molar-refractivity contribution in [2.75, 3.05) is 19.7 Å². The van der Waals surface area contributed by atoms with Gasteiger partial charge in [0, 0.05) is 23.3 Å². The Kier molecular flexibility index (Phi) is 3.95. The third-order valence-electron chi connectivity index (χ3n) is 5.25. The molecule has 0 radical (unpaired) electrons. The lowest BCUT2D eigenvalue weighted by Crippen LogP contribution is -2.65. The summed E-state index contributed by atoms with van der Waals surface area (Å²) in [4.78, 5) is 21.5. The third kappa shape index (κ3) is 3.07. The predicted molar refractivity (Wildman–Crippen MR) is 108 cm³/mol. The van der Waals surface area contributed by atoms with Crippen LogP contribution in [0.1, 0.15) is 26.5 Å². The zero-order chi connectivity index (χ0) is 20.4. The maximum atomic E-state index is 12.3. The summed E-state index contributed by atoms with van der Waals surface area (Å²) in [7, 11) is 0. The van der Waals surface area contributed by atoms with E-state index < -0.39 is 11.2 Å². The van der Waals surface area contributed by atoms with Crippen molar-refractivity contribution in [1.29, 1.82) is 0 Å². The zero-order valence-corrected chi connectivity index (χ0v) is 17.3. The second-order valence-corrected chi connectivity index (χ2v) is 8.98. The maximum Gasteiger partial charge on any atom is 0.410 e. The molecule has 1 amide bonds. The number of carbonyl (C=O) groups excluding carboxylic acids is 1. The molecule has 2 aliphatic heterocycles. The second kappa shape index (κ2) is 6.21. The van der Waals surface area contributed by atoms with Crippen molar-refractivity contribution >= 4 is 28.7 Å². The molecule has 29 heavy (non-hydrogen) atoms. The number of likely N-dealkylation sites (tertiary alicyclic amines) is 1. The molecule has 0 unspecified atom stereocenters. The van der Waals surface area contributed by atoms with Crippen LogP contribution in [0.3, 0.4) is 0 Å². The summed E-state index contributed by atoms with van der Waals surface area (Å²) in [6, 6.07) is 4.01. The zero-order valence-electron chi connectivity index (χ0n) is 16.5. The quantitative estimate of drug-likeness (QED) is 0.656. The highest BCUT2D eigenvalue weighted by Gasteiger charge is 2.52. The van der Waals surface area contributed by atoms with Crippen LogP contribution in [0.15, 0.2) is 24.5 Å². The Morgan fingerprint density at radius 3 is 2.90 bits per heavy atom. The first kappa shape index (κ1) is 18.4. The van der Waals surface area contributed by atoms with Crippen molar-refractivity contribution in [2.45, 2.75) is 38.5 Å². The number of carbonyl (C=O) groups is 1. The standard InChI is InChI=1S/C20H22ClN5O3/c1-19(2,3)29-18(27)25-10-20(11-25)16-7-15(24-26(16)4-5-28-20)12-6-13-14(21)9-23-17(13)22-8-12/h6-9H,4-5,10-11H2,1-3H3,(H,22,23). The minimum absolute atomic E-state index is 0.319. The molecule has 8 nitrogen and oxygen atoms in total. The molecule has 5 rings (SSSR count). The first-order valence-electron chi connectivity index (χ1n) is 9.57. The molecule has 3 aromatic rings. The average Bonchev–Trinajstić information content (AvgIpc) is 3.21. The highest BCUT2D eigenvalue weighted by molar-refractivity contribution is 6.35. The summed E-state index contributed by atoms with van der Waals surface area (Å²) in [6.07, 6.45) is 3.19. The SMILES string of the molecule is CC(C)(C)OC(=O)N1CC2(C1)OCCn1nc(-c3cnc4[nH]cc(Cl)c4c3)cc12. The Morgan fingerprint density at radius 1 is 1.34 bits per heavy atom. The molecule has 1 spiro atoms. The predicted octanol–water partition coefficient (Wildman–Crippen LogP) is 3.56. The van der Waals surface area contributed by atoms with Gasteiger partial charge in [0.05, 0.1) is 42.7 Å². The molecule has 2 aliphatic rings. The van der Waals surface area contributed by atoms with Crippen molar-refractivity contribution in [3.05, 3.63) is 35.2 Å². The van der Waals surface area contributed by atoms with Crippen LogP contribution in [0.5, 0.6) is 0 Å². The van der Waals surface area contributed by atoms with Gasteiger partial charge in [-0.25, -0.2) is 9.78 Å². The largest absolute Gasteiger partial charge is 0.444 e. The number of pyridine rings is 1. The van der Waals surface area contributed by atoms with E-state index in [0.717, 1.165) is 28.0 Å². The van der Waals surface area contributed by atoms with E-state index in [-0.39, 0.29) is 6.09 Å². The van der Waals surface area contributed by atoms with E-state index in [9.17, 15) is 4.79 Å². The summed E-state index contributed by atoms with van der Waals surface area (Å²) >= 11 is 6.24. The molecule has 1 saturated heterocycles. The van der Waals surface area contributed by atoms with E-state index in [1.807, 2.05) is 37.6 Å². The highest BCUT2D eigenvalue weighted by Crippen LogP contribution is 2.40. The Bertz CT molecular complexity index is 1110. The molecule has 1 N–H and O–H groups in total. The van der Waals surface area contributed by atoms with Crippen molar-refractivity contribution < 1.29 is 14.3 Å². The molecule has 152 valence electrons. The second-order valence-electron chi connectivity index (χ2n) is 8.57. The summed E-state index contributed by atoms with van der Waals surface area (Å²) in [5, 5.41) is 6.25. The molecule has 0 bridgehead atoms. The molecule has 0 aromatic carbocycles. The molecule has 5 heterocycles. The Hall–Kier alpha value is -2.58. The van der Waals surface area contributed by atoms with Gasteiger partial charge in [-0.05, 0) is 32.9 Å². The van der Waals surface area contributed by atoms with Gasteiger partial charge in [-0.2, -0.15) is 5.10 Å². The van der Waals surface area contributed by atoms with Crippen LogP contribution < -0.4 is 0 Å². The number of fused-ring (bicyclic) bond motifs is 3. The summed E-state index contributed by atoms with van der Waals surface area (Å²) in [5.41, 5.74) is 2.36. The van der Waals surface area contributed by atoms with Crippen LogP contribution in [0.2, 0.25) is 5.02 Å². The number of nitrogens with one attached hydrogen (secondary N) is 1. The topological polar surface area (TPSA) is 85.3 Å². The van der Waals surface area contributed by atoms with Crippen LogP contribution in [0, 0.1) is 0 Å². The van der Waals surface area contributed by atoms with Crippen molar-refractivity contribution in [3.63, 3.8) is 0 Å². The van der Waals surface area contributed by atoms with E-state index in [1.165, 1.54) is 0 Å². The van der Waals surface area contributed by atoms with Crippen molar-refractivity contribution in [1.82, 2.24) is 24.6 Å². The van der Waals surface area contributed by atoms with Crippen molar-refractivity contribution in [3.8, 4) is 11.3 Å². The number of halogens is 1. The highest BCUT2D eigenvalue weighted by atomic mass is 35.5. The Balaban J connectivity index is 1.42. The lowest BCUT2D eigenvalue weighted by Gasteiger charge is -2.50. The van der Waals surface area contributed by atoms with E-state index in [1.54, 1.807) is 17.3 Å². The van der Waals surface area contributed by atoms with Crippen LogP contribution in [0.4, 0.5) is 4.79 Å². The monoisotopic (exact) mass is 415 g/mol. The normalized spacial score (nSPS) is 18.0. The number of amides is 1. The lowest BCUT2D eigenvalue weighted by molar-refractivity contribution is -0.164. The number of nitrogens with zero attached hydrogens (tertiary/aromatic N) is 4. The van der Waals surface area contributed by atoms with Gasteiger partial charge in [-0.3, -0.25) is 4.68 Å². The van der Waals surface area contributed by atoms with Gasteiger partial charge in [0.2, 0.25) is 0 Å². The molecule has 0 saturated carbocycles. The van der Waals surface area contributed by atoms with Gasteiger partial charge in [0.15, 0.2) is 0 Å². The van der Waals surface area contributed by atoms with Gasteiger partial charge >= 0.3 is 6.09 Å². The van der Waals surface area contributed by atoms with Gasteiger partial charge < -0.3 is 19.4 Å². The minimum atomic E-state index is -0.538. The molecule has 0 aliphatic carbocycles. The minimum Gasteiger partial charge on any atom is -0.444 e. The third-order valence-corrected chi connectivity index (χ3v) is 5.56. The Morgan fingerprint density at radius 2 is 2.14 bits per heavy atom. The van der Waals surface area contributed by atoms with Gasteiger partial charge in [-0.15, -0.1) is 0 Å². The van der Waals surface area contributed by atoms with E-state index in [0.29, 0.717) is 31.3 Å². The summed E-state index contributed by atoms with van der Waals surface area (Å²) < 4.78 is 13.5. The van der Waals surface area contributed by atoms with Gasteiger partial charge in [0.1, 0.15) is 16.8 Å². The first-order valence-corrected chi connectivity index (χ1v) is 9.95. The number of aromatic amines is 1. The molecule has 1 fully saturated rings. The smallest absolute Gasteiger partial charge is 0.410 e. The average molecular weight is 416 g/mol.